The summed E-state index contributed by atoms with van der Waals surface area (Å²) in [6.07, 6.45) is 1.60. The Balaban J connectivity index is 1.64. The van der Waals surface area contributed by atoms with Gasteiger partial charge in [0.1, 0.15) is 6.33 Å². The van der Waals surface area contributed by atoms with Gasteiger partial charge in [0.25, 0.3) is 5.91 Å². The summed E-state index contributed by atoms with van der Waals surface area (Å²) in [6, 6.07) is 16.7. The highest BCUT2D eigenvalue weighted by Gasteiger charge is 2.30. The molecule has 1 amide bonds. The smallest absolute Gasteiger partial charge is 0.257 e. The van der Waals surface area contributed by atoms with Crippen LogP contribution in [0.15, 0.2) is 60.9 Å². The van der Waals surface area contributed by atoms with Crippen LogP contribution in [0.3, 0.4) is 0 Å². The Hall–Kier alpha value is -4.20. The molecule has 1 aliphatic heterocycles. The predicted molar refractivity (Wildman–Crippen MR) is 122 cm³/mol. The molecule has 8 nitrogen and oxygen atoms in total. The van der Waals surface area contributed by atoms with Crippen molar-refractivity contribution in [1.82, 2.24) is 24.6 Å². The van der Waals surface area contributed by atoms with Gasteiger partial charge in [-0.3, -0.25) is 9.48 Å². The number of aryl methyl sites for hydroxylation is 1. The molecule has 0 spiro atoms. The van der Waals surface area contributed by atoms with Crippen molar-refractivity contribution >= 4 is 17.3 Å². The molecule has 8 heteroatoms. The lowest BCUT2D eigenvalue weighted by Gasteiger charge is -2.16. The number of aromatic nitrogens is 4. The first-order valence-electron chi connectivity index (χ1n) is 11.5. The van der Waals surface area contributed by atoms with E-state index in [4.69, 9.17) is 8.85 Å². The van der Waals surface area contributed by atoms with Crippen LogP contribution in [0.5, 0.6) is 5.75 Å². The molecule has 32 heavy (non-hydrogen) atoms. The standard InChI is InChI=1S/C24H22N6O2/c1-29-13-20-21(24(29)31)19(12-18(27-20)15-8-5-4-6-9-15)26-17-11-7-10-16(22(17)32-3)23-25-14-30(2)28-23/h4-12,14H,13H2,1-3H3,(H,26,27)/i1D3. The highest BCUT2D eigenvalue weighted by molar-refractivity contribution is 6.04. The fourth-order valence-electron chi connectivity index (χ4n) is 3.80. The van der Waals surface area contributed by atoms with Crippen LogP contribution >= 0.6 is 0 Å². The van der Waals surface area contributed by atoms with Gasteiger partial charge in [-0.15, -0.1) is 0 Å². The summed E-state index contributed by atoms with van der Waals surface area (Å²) >= 11 is 0. The maximum atomic E-state index is 13.2. The number of amides is 1. The van der Waals surface area contributed by atoms with Gasteiger partial charge in [-0.2, -0.15) is 5.10 Å². The summed E-state index contributed by atoms with van der Waals surface area (Å²) in [6.45, 7) is -2.68. The number of para-hydroxylation sites is 1. The van der Waals surface area contributed by atoms with Gasteiger partial charge in [0.05, 0.1) is 47.5 Å². The van der Waals surface area contributed by atoms with Crippen LogP contribution in [-0.4, -0.2) is 44.6 Å². The third-order valence-electron chi connectivity index (χ3n) is 5.26. The molecule has 160 valence electrons. The molecule has 0 radical (unpaired) electrons. The molecule has 0 bridgehead atoms. The Kier molecular flexibility index (Phi) is 4.02. The van der Waals surface area contributed by atoms with Gasteiger partial charge in [0.2, 0.25) is 0 Å². The van der Waals surface area contributed by atoms with Crippen molar-refractivity contribution in [2.75, 3.05) is 19.4 Å². The number of ether oxygens (including phenoxy) is 1. The normalized spacial score (nSPS) is 14.5. The molecule has 3 heterocycles. The molecule has 0 saturated heterocycles. The number of nitrogens with zero attached hydrogens (tertiary/aromatic N) is 5. The largest absolute Gasteiger partial charge is 0.494 e. The van der Waals surface area contributed by atoms with Gasteiger partial charge in [-0.05, 0) is 18.2 Å². The Morgan fingerprint density at radius 3 is 2.69 bits per heavy atom. The molecule has 5 rings (SSSR count). The van der Waals surface area contributed by atoms with Crippen molar-refractivity contribution in [3.63, 3.8) is 0 Å². The number of rotatable bonds is 5. The Morgan fingerprint density at radius 1 is 1.12 bits per heavy atom. The van der Waals surface area contributed by atoms with Gasteiger partial charge in [-0.1, -0.05) is 36.4 Å². The second kappa shape index (κ2) is 7.81. The van der Waals surface area contributed by atoms with Crippen LogP contribution in [-0.2, 0) is 13.6 Å². The number of benzene rings is 2. The van der Waals surface area contributed by atoms with E-state index in [9.17, 15) is 4.79 Å². The summed E-state index contributed by atoms with van der Waals surface area (Å²) in [5.74, 6) is 0.377. The number of pyridine rings is 1. The highest BCUT2D eigenvalue weighted by Crippen LogP contribution is 2.39. The number of hydrogen-bond donors (Lipinski definition) is 1. The van der Waals surface area contributed by atoms with E-state index >= 15 is 0 Å². The SMILES string of the molecule is [2H]C([2H])([2H])N1Cc2nc(-c3ccccc3)cc(Nc3cccc(-c4ncn(C)n4)c3OC)c2C1=O. The van der Waals surface area contributed by atoms with E-state index in [1.54, 1.807) is 37.3 Å². The molecule has 0 fully saturated rings. The van der Waals surface area contributed by atoms with Crippen molar-refractivity contribution in [1.29, 1.82) is 0 Å². The molecule has 2 aromatic heterocycles. The topological polar surface area (TPSA) is 85.2 Å². The predicted octanol–water partition coefficient (Wildman–Crippen LogP) is 3.88. The minimum Gasteiger partial charge on any atom is -0.494 e. The second-order valence-corrected chi connectivity index (χ2v) is 7.39. The molecule has 2 aromatic carbocycles. The van der Waals surface area contributed by atoms with Gasteiger partial charge in [0, 0.05) is 23.7 Å². The van der Waals surface area contributed by atoms with E-state index in [1.165, 1.54) is 0 Å². The number of fused-ring (bicyclic) bond motifs is 1. The van der Waals surface area contributed by atoms with Gasteiger partial charge in [0.15, 0.2) is 11.6 Å². The summed E-state index contributed by atoms with van der Waals surface area (Å²) in [4.78, 5) is 23.0. The first-order chi connectivity index (χ1) is 16.8. The van der Waals surface area contributed by atoms with E-state index in [0.717, 1.165) is 10.5 Å². The van der Waals surface area contributed by atoms with Crippen LogP contribution in [0.1, 0.15) is 20.2 Å². The summed E-state index contributed by atoms with van der Waals surface area (Å²) in [5.41, 5.74) is 3.77. The van der Waals surface area contributed by atoms with E-state index in [0.29, 0.717) is 39.9 Å². The average Bonchev–Trinajstić information content (AvgIpc) is 3.42. The second-order valence-electron chi connectivity index (χ2n) is 7.39. The van der Waals surface area contributed by atoms with Gasteiger partial charge < -0.3 is 15.0 Å². The van der Waals surface area contributed by atoms with Crippen LogP contribution in [0.2, 0.25) is 0 Å². The van der Waals surface area contributed by atoms with Crippen LogP contribution in [0, 0.1) is 0 Å². The Bertz CT molecular complexity index is 1420. The molecule has 4 aromatic rings. The zero-order chi connectivity index (χ0) is 24.7. The minimum absolute atomic E-state index is 0.102. The van der Waals surface area contributed by atoms with Gasteiger partial charge >= 0.3 is 0 Å². The zero-order valence-corrected chi connectivity index (χ0v) is 17.5. The van der Waals surface area contributed by atoms with Crippen molar-refractivity contribution < 1.29 is 13.6 Å². The van der Waals surface area contributed by atoms with E-state index in [1.807, 2.05) is 42.5 Å². The Labute approximate surface area is 189 Å². The summed E-state index contributed by atoms with van der Waals surface area (Å²) in [7, 11) is 3.32. The molecular weight excluding hydrogens is 404 g/mol. The Morgan fingerprint density at radius 2 is 1.97 bits per heavy atom. The van der Waals surface area contributed by atoms with E-state index < -0.39 is 12.9 Å². The number of hydrogen-bond acceptors (Lipinski definition) is 6. The number of carbonyl (C=O) groups is 1. The molecule has 0 atom stereocenters. The van der Waals surface area contributed by atoms with Crippen LogP contribution in [0.4, 0.5) is 11.4 Å². The van der Waals surface area contributed by atoms with Crippen LogP contribution < -0.4 is 10.1 Å². The van der Waals surface area contributed by atoms with E-state index in [-0.39, 0.29) is 12.1 Å². The maximum absolute atomic E-state index is 13.2. The maximum Gasteiger partial charge on any atom is 0.257 e. The van der Waals surface area contributed by atoms with Gasteiger partial charge in [-0.25, -0.2) is 9.97 Å². The molecule has 1 aliphatic rings. The molecular formula is C24H22N6O2. The third-order valence-corrected chi connectivity index (χ3v) is 5.26. The fourth-order valence-corrected chi connectivity index (χ4v) is 3.80. The van der Waals surface area contributed by atoms with Crippen molar-refractivity contribution in [2.45, 2.75) is 6.54 Å². The first-order valence-corrected chi connectivity index (χ1v) is 9.97. The highest BCUT2D eigenvalue weighted by atomic mass is 16.5. The third kappa shape index (κ3) is 3.35. The lowest BCUT2D eigenvalue weighted by Crippen LogP contribution is -2.18. The lowest BCUT2D eigenvalue weighted by molar-refractivity contribution is 0.0817. The first kappa shape index (κ1) is 16.5. The zero-order valence-electron chi connectivity index (χ0n) is 20.5. The number of methoxy groups -OCH3 is 1. The molecule has 0 aliphatic carbocycles. The number of carbonyl (C=O) groups excluding carboxylic acids is 1. The monoisotopic (exact) mass is 429 g/mol. The van der Waals surface area contributed by atoms with Crippen molar-refractivity contribution in [3.8, 4) is 28.4 Å². The van der Waals surface area contributed by atoms with Crippen LogP contribution in [0.25, 0.3) is 22.6 Å². The summed E-state index contributed by atoms with van der Waals surface area (Å²) < 4.78 is 30.7. The van der Waals surface area contributed by atoms with E-state index in [2.05, 4.69) is 20.4 Å². The molecule has 1 N–H and O–H groups in total. The fraction of sp³-hybridized carbons (Fsp3) is 0.167. The number of nitrogens with one attached hydrogen (secondary N) is 1. The average molecular weight is 429 g/mol. The quantitative estimate of drug-likeness (QED) is 0.518. The number of anilines is 2. The summed E-state index contributed by atoms with van der Waals surface area (Å²) in [5, 5.41) is 7.66. The van der Waals surface area contributed by atoms with Crippen molar-refractivity contribution in [2.24, 2.45) is 7.05 Å². The molecule has 0 unspecified atom stereocenters. The molecule has 0 saturated carbocycles. The van der Waals surface area contributed by atoms with Crippen molar-refractivity contribution in [3.05, 3.63) is 72.2 Å². The minimum atomic E-state index is -2.58. The lowest BCUT2D eigenvalue weighted by atomic mass is 10.1.